The third-order valence-electron chi connectivity index (χ3n) is 5.67. The minimum atomic E-state index is -0.403. The summed E-state index contributed by atoms with van der Waals surface area (Å²) in [4.78, 5) is 27.9. The van der Waals surface area contributed by atoms with E-state index in [0.717, 1.165) is 4.88 Å². The van der Waals surface area contributed by atoms with Crippen molar-refractivity contribution in [1.82, 2.24) is 15.5 Å². The number of nitrogens with zero attached hydrogens (tertiary/aromatic N) is 1. The van der Waals surface area contributed by atoms with Crippen molar-refractivity contribution in [3.05, 3.63) is 21.9 Å². The van der Waals surface area contributed by atoms with Crippen LogP contribution in [0.3, 0.4) is 0 Å². The SMILES string of the molecule is CNCC(=O)N1C(C(=O)NCc2cc(C(=N)N)cs2)C[C@]2(C)C(C)C12. The van der Waals surface area contributed by atoms with E-state index in [0.29, 0.717) is 24.4 Å². The maximum Gasteiger partial charge on any atom is 0.243 e. The van der Waals surface area contributed by atoms with E-state index in [-0.39, 0.29) is 35.7 Å². The van der Waals surface area contributed by atoms with Gasteiger partial charge < -0.3 is 21.3 Å². The van der Waals surface area contributed by atoms with Gasteiger partial charge in [0.25, 0.3) is 0 Å². The fourth-order valence-electron chi connectivity index (χ4n) is 4.04. The van der Waals surface area contributed by atoms with Crippen LogP contribution in [-0.4, -0.2) is 48.2 Å². The molecule has 1 saturated heterocycles. The van der Waals surface area contributed by atoms with Gasteiger partial charge in [0.2, 0.25) is 11.8 Å². The lowest BCUT2D eigenvalue weighted by Gasteiger charge is -2.28. The molecule has 2 fully saturated rings. The summed E-state index contributed by atoms with van der Waals surface area (Å²) in [6.45, 7) is 4.94. The second-order valence-corrected chi connectivity index (χ2v) is 8.22. The number of likely N-dealkylation sites (N-methyl/N-ethyl adjacent to an activating group) is 1. The molecule has 2 heterocycles. The quantitative estimate of drug-likeness (QED) is 0.435. The van der Waals surface area contributed by atoms with Gasteiger partial charge in [0.1, 0.15) is 11.9 Å². The van der Waals surface area contributed by atoms with Crippen LogP contribution in [0.15, 0.2) is 11.4 Å². The van der Waals surface area contributed by atoms with Crippen LogP contribution in [-0.2, 0) is 16.1 Å². The molecule has 0 bridgehead atoms. The number of rotatable bonds is 6. The van der Waals surface area contributed by atoms with Crippen LogP contribution < -0.4 is 16.4 Å². The molecule has 1 aromatic rings. The Kier molecular flexibility index (Phi) is 4.59. The van der Waals surface area contributed by atoms with E-state index in [1.54, 1.807) is 17.3 Å². The Bertz CT molecular complexity index is 718. The number of hydrogen-bond acceptors (Lipinski definition) is 5. The van der Waals surface area contributed by atoms with Crippen LogP contribution in [0, 0.1) is 16.7 Å². The maximum absolute atomic E-state index is 12.7. The molecule has 7 nitrogen and oxygen atoms in total. The summed E-state index contributed by atoms with van der Waals surface area (Å²) in [5.41, 5.74) is 6.18. The number of carbonyl (C=O) groups is 2. The van der Waals surface area contributed by atoms with Gasteiger partial charge in [0.15, 0.2) is 0 Å². The highest BCUT2D eigenvalue weighted by molar-refractivity contribution is 7.10. The number of thiophene rings is 1. The molecule has 0 aromatic carbocycles. The number of fused-ring (bicyclic) bond motifs is 1. The van der Waals surface area contributed by atoms with Crippen LogP contribution in [0.1, 0.15) is 30.7 Å². The highest BCUT2D eigenvalue weighted by Crippen LogP contribution is 2.63. The molecule has 1 aliphatic carbocycles. The first kappa shape index (κ1) is 17.9. The van der Waals surface area contributed by atoms with Crippen molar-refractivity contribution in [2.75, 3.05) is 13.6 Å². The molecule has 2 amide bonds. The molecule has 1 aromatic heterocycles. The molecule has 0 spiro atoms. The Morgan fingerprint density at radius 1 is 1.52 bits per heavy atom. The van der Waals surface area contributed by atoms with Gasteiger partial charge >= 0.3 is 0 Å². The summed E-state index contributed by atoms with van der Waals surface area (Å²) in [6.07, 6.45) is 0.712. The van der Waals surface area contributed by atoms with Crippen molar-refractivity contribution < 1.29 is 9.59 Å². The standard InChI is InChI=1S/C17H25N5O2S/c1-9-14-17(9,2)5-12(22(14)13(23)7-20-3)16(24)21-6-11-4-10(8-25-11)15(18)19/h4,8-9,12,14,20H,5-7H2,1-3H3,(H3,18,19)(H,21,24)/t9?,12?,14?,17-/m1/s1. The number of likely N-dealkylation sites (tertiary alicyclic amines) is 1. The van der Waals surface area contributed by atoms with Gasteiger partial charge in [0.05, 0.1) is 13.1 Å². The smallest absolute Gasteiger partial charge is 0.243 e. The van der Waals surface area contributed by atoms with E-state index >= 15 is 0 Å². The third-order valence-corrected chi connectivity index (χ3v) is 6.61. The van der Waals surface area contributed by atoms with E-state index in [1.165, 1.54) is 11.3 Å². The monoisotopic (exact) mass is 363 g/mol. The highest BCUT2D eigenvalue weighted by Gasteiger charge is 2.69. The fraction of sp³-hybridized carbons (Fsp3) is 0.588. The Morgan fingerprint density at radius 3 is 2.84 bits per heavy atom. The fourth-order valence-corrected chi connectivity index (χ4v) is 4.86. The Hall–Kier alpha value is -1.93. The first-order chi connectivity index (χ1) is 11.8. The first-order valence-corrected chi connectivity index (χ1v) is 9.33. The Morgan fingerprint density at radius 2 is 2.24 bits per heavy atom. The predicted molar refractivity (Wildman–Crippen MR) is 97.4 cm³/mol. The minimum Gasteiger partial charge on any atom is -0.384 e. The topological polar surface area (TPSA) is 111 Å². The van der Waals surface area contributed by atoms with Crippen molar-refractivity contribution >= 4 is 29.0 Å². The van der Waals surface area contributed by atoms with E-state index in [1.807, 2.05) is 6.07 Å². The number of nitrogen functional groups attached to an aromatic ring is 1. The number of amides is 2. The van der Waals surface area contributed by atoms with E-state index in [9.17, 15) is 9.59 Å². The number of amidine groups is 1. The maximum atomic E-state index is 12.7. The second-order valence-electron chi connectivity index (χ2n) is 7.22. The largest absolute Gasteiger partial charge is 0.384 e. The molecule has 2 aliphatic rings. The summed E-state index contributed by atoms with van der Waals surface area (Å²) in [5.74, 6) is 0.335. The molecule has 3 rings (SSSR count). The van der Waals surface area contributed by atoms with Crippen LogP contribution in [0.25, 0.3) is 0 Å². The summed E-state index contributed by atoms with van der Waals surface area (Å²) in [5, 5.41) is 15.1. The summed E-state index contributed by atoms with van der Waals surface area (Å²) in [7, 11) is 1.74. The van der Waals surface area contributed by atoms with Crippen molar-refractivity contribution in [2.24, 2.45) is 17.1 Å². The van der Waals surface area contributed by atoms with Crippen LogP contribution >= 0.6 is 11.3 Å². The Labute approximate surface area is 151 Å². The molecular weight excluding hydrogens is 338 g/mol. The van der Waals surface area contributed by atoms with Gasteiger partial charge in [-0.25, -0.2) is 0 Å². The molecule has 0 radical (unpaired) electrons. The minimum absolute atomic E-state index is 0.0179. The van der Waals surface area contributed by atoms with Gasteiger partial charge in [-0.1, -0.05) is 13.8 Å². The van der Waals surface area contributed by atoms with Gasteiger partial charge in [-0.05, 0) is 30.9 Å². The van der Waals surface area contributed by atoms with E-state index in [2.05, 4.69) is 24.5 Å². The summed E-state index contributed by atoms with van der Waals surface area (Å²) >= 11 is 1.46. The Balaban J connectivity index is 1.66. The number of carbonyl (C=O) groups excluding carboxylic acids is 2. The number of nitrogens with one attached hydrogen (secondary N) is 3. The molecular formula is C17H25N5O2S. The lowest BCUT2D eigenvalue weighted by atomic mass is 9.98. The van der Waals surface area contributed by atoms with Gasteiger partial charge in [-0.2, -0.15) is 0 Å². The third kappa shape index (κ3) is 3.04. The van der Waals surface area contributed by atoms with Gasteiger partial charge in [-0.3, -0.25) is 15.0 Å². The average Bonchev–Trinajstić information content (AvgIpc) is 2.95. The normalized spacial score (nSPS) is 30.0. The number of hydrogen-bond donors (Lipinski definition) is 4. The molecule has 1 aliphatic heterocycles. The van der Waals surface area contributed by atoms with Crippen molar-refractivity contribution in [3.63, 3.8) is 0 Å². The lowest BCUT2D eigenvalue weighted by molar-refractivity contribution is -0.139. The van der Waals surface area contributed by atoms with E-state index < -0.39 is 6.04 Å². The van der Waals surface area contributed by atoms with Gasteiger partial charge in [0, 0.05) is 21.9 Å². The summed E-state index contributed by atoms with van der Waals surface area (Å²) < 4.78 is 0. The zero-order valence-corrected chi connectivity index (χ0v) is 15.6. The van der Waals surface area contributed by atoms with Crippen molar-refractivity contribution in [3.8, 4) is 0 Å². The number of nitrogens with two attached hydrogens (primary N) is 1. The van der Waals surface area contributed by atoms with Crippen LogP contribution in [0.4, 0.5) is 0 Å². The molecule has 8 heteroatoms. The van der Waals surface area contributed by atoms with Crippen molar-refractivity contribution in [1.29, 1.82) is 5.41 Å². The van der Waals surface area contributed by atoms with Crippen LogP contribution in [0.2, 0.25) is 0 Å². The zero-order chi connectivity index (χ0) is 18.4. The molecule has 25 heavy (non-hydrogen) atoms. The predicted octanol–water partition coefficient (Wildman–Crippen LogP) is 0.493. The summed E-state index contributed by atoms with van der Waals surface area (Å²) in [6, 6.07) is 1.57. The van der Waals surface area contributed by atoms with E-state index in [4.69, 9.17) is 11.1 Å². The molecule has 4 atom stereocenters. The highest BCUT2D eigenvalue weighted by atomic mass is 32.1. The first-order valence-electron chi connectivity index (χ1n) is 8.45. The molecule has 1 saturated carbocycles. The average molecular weight is 363 g/mol. The van der Waals surface area contributed by atoms with Crippen molar-refractivity contribution in [2.45, 2.75) is 38.9 Å². The second kappa shape index (κ2) is 6.42. The zero-order valence-electron chi connectivity index (χ0n) is 14.8. The molecule has 3 unspecified atom stereocenters. The molecule has 5 N–H and O–H groups in total. The van der Waals surface area contributed by atoms with Crippen LogP contribution in [0.5, 0.6) is 0 Å². The number of piperidine rings is 1. The molecule has 136 valence electrons. The lowest BCUT2D eigenvalue weighted by Crippen LogP contribution is -2.50. The van der Waals surface area contributed by atoms with Gasteiger partial charge in [-0.15, -0.1) is 11.3 Å².